The zero-order valence-corrected chi connectivity index (χ0v) is 15.9. The van der Waals surface area contributed by atoms with Crippen LogP contribution < -0.4 is 10.6 Å². The van der Waals surface area contributed by atoms with Crippen LogP contribution in [-0.4, -0.2) is 51.8 Å². The van der Waals surface area contributed by atoms with E-state index in [1.54, 1.807) is 27.1 Å². The van der Waals surface area contributed by atoms with Gasteiger partial charge in [-0.3, -0.25) is 14.6 Å². The number of nitrogens with zero attached hydrogens (tertiary/aromatic N) is 5. The first kappa shape index (κ1) is 19.2. The van der Waals surface area contributed by atoms with Gasteiger partial charge in [0.15, 0.2) is 11.5 Å². The number of amides is 2. The lowest BCUT2D eigenvalue weighted by Gasteiger charge is -2.19. The van der Waals surface area contributed by atoms with Crippen molar-refractivity contribution < 1.29 is 9.59 Å². The highest BCUT2D eigenvalue weighted by molar-refractivity contribution is 5.93. The number of rotatable bonds is 6. The zero-order valence-electron chi connectivity index (χ0n) is 15.9. The Labute approximate surface area is 162 Å². The Hall–Kier alpha value is -3.54. The number of carbonyl (C=O) groups excluding carboxylic acids is 2. The molecule has 3 rings (SSSR count). The van der Waals surface area contributed by atoms with Crippen LogP contribution in [0.25, 0.3) is 11.3 Å². The molecule has 1 aliphatic rings. The number of pyridine rings is 1. The van der Waals surface area contributed by atoms with E-state index in [9.17, 15) is 14.9 Å². The standard InChI is InChI=1S/C19H21N7O2/c1-11(19(28)26(2)3)24-14-6-13(8-21-15(14)7-20)16-9-23-17(10-22-16)25-18(27)12-4-5-12/h6,8-12,24H,4-5H2,1-3H3,(H,23,25,27)/t11-/m0/s1. The number of nitriles is 1. The predicted molar refractivity (Wildman–Crippen MR) is 103 cm³/mol. The quantitative estimate of drug-likeness (QED) is 0.782. The lowest BCUT2D eigenvalue weighted by molar-refractivity contribution is -0.129. The van der Waals surface area contributed by atoms with Gasteiger partial charge in [0.05, 0.1) is 23.8 Å². The molecule has 144 valence electrons. The van der Waals surface area contributed by atoms with Gasteiger partial charge in [0.25, 0.3) is 0 Å². The fourth-order valence-electron chi connectivity index (χ4n) is 2.60. The van der Waals surface area contributed by atoms with Gasteiger partial charge in [-0.25, -0.2) is 9.97 Å². The lowest BCUT2D eigenvalue weighted by atomic mass is 10.1. The largest absolute Gasteiger partial charge is 0.372 e. The second kappa shape index (κ2) is 8.00. The van der Waals surface area contributed by atoms with Crippen LogP contribution in [0.2, 0.25) is 0 Å². The van der Waals surface area contributed by atoms with Crippen LogP contribution in [0.5, 0.6) is 0 Å². The fraction of sp³-hybridized carbons (Fsp3) is 0.368. The minimum absolute atomic E-state index is 0.0341. The third-order valence-corrected chi connectivity index (χ3v) is 4.32. The Kier molecular flexibility index (Phi) is 5.49. The molecule has 0 unspecified atom stereocenters. The zero-order chi connectivity index (χ0) is 20.3. The molecular formula is C19H21N7O2. The van der Waals surface area contributed by atoms with Gasteiger partial charge >= 0.3 is 0 Å². The molecule has 1 aliphatic carbocycles. The van der Waals surface area contributed by atoms with Crippen LogP contribution in [0.15, 0.2) is 24.7 Å². The topological polar surface area (TPSA) is 124 Å². The molecule has 9 nitrogen and oxygen atoms in total. The lowest BCUT2D eigenvalue weighted by Crippen LogP contribution is -2.36. The van der Waals surface area contributed by atoms with Crippen LogP contribution in [0.1, 0.15) is 25.5 Å². The van der Waals surface area contributed by atoms with Crippen molar-refractivity contribution in [3.63, 3.8) is 0 Å². The van der Waals surface area contributed by atoms with Crippen LogP contribution in [0.4, 0.5) is 11.5 Å². The molecule has 2 aromatic rings. The molecule has 0 saturated heterocycles. The molecule has 1 fully saturated rings. The van der Waals surface area contributed by atoms with Crippen molar-refractivity contribution in [2.24, 2.45) is 5.92 Å². The fourth-order valence-corrected chi connectivity index (χ4v) is 2.60. The number of anilines is 2. The highest BCUT2D eigenvalue weighted by atomic mass is 16.2. The second-order valence-corrected chi connectivity index (χ2v) is 6.88. The SMILES string of the molecule is C[C@H](Nc1cc(-c2cnc(NC(=O)C3CC3)cn2)cnc1C#N)C(=O)N(C)C. The number of carbonyl (C=O) groups is 2. The highest BCUT2D eigenvalue weighted by Crippen LogP contribution is 2.30. The van der Waals surface area contributed by atoms with Gasteiger partial charge < -0.3 is 15.5 Å². The van der Waals surface area contributed by atoms with Crippen LogP contribution in [-0.2, 0) is 9.59 Å². The summed E-state index contributed by atoms with van der Waals surface area (Å²) in [6, 6.07) is 3.20. The summed E-state index contributed by atoms with van der Waals surface area (Å²) in [4.78, 5) is 38.0. The maximum absolute atomic E-state index is 12.1. The number of aromatic nitrogens is 3. The Morgan fingerprint density at radius 1 is 1.21 bits per heavy atom. The molecule has 0 spiro atoms. The minimum atomic E-state index is -0.523. The van der Waals surface area contributed by atoms with Gasteiger partial charge in [-0.05, 0) is 25.8 Å². The van der Waals surface area contributed by atoms with Crippen molar-refractivity contribution in [3.8, 4) is 17.3 Å². The summed E-state index contributed by atoms with van der Waals surface area (Å²) < 4.78 is 0. The third kappa shape index (κ3) is 4.40. The van der Waals surface area contributed by atoms with Crippen molar-refractivity contribution in [2.45, 2.75) is 25.8 Å². The number of hydrogen-bond acceptors (Lipinski definition) is 7. The van der Waals surface area contributed by atoms with E-state index in [2.05, 4.69) is 25.6 Å². The van der Waals surface area contributed by atoms with E-state index in [-0.39, 0.29) is 23.4 Å². The van der Waals surface area contributed by atoms with Gasteiger partial charge in [-0.2, -0.15) is 5.26 Å². The van der Waals surface area contributed by atoms with E-state index in [0.717, 1.165) is 12.8 Å². The van der Waals surface area contributed by atoms with Gasteiger partial charge in [-0.1, -0.05) is 0 Å². The van der Waals surface area contributed by atoms with Crippen LogP contribution >= 0.6 is 0 Å². The van der Waals surface area contributed by atoms with E-state index >= 15 is 0 Å². The first-order valence-corrected chi connectivity index (χ1v) is 8.90. The molecule has 2 amide bonds. The van der Waals surface area contributed by atoms with Crippen molar-refractivity contribution in [1.82, 2.24) is 19.9 Å². The predicted octanol–water partition coefficient (Wildman–Crippen LogP) is 1.65. The van der Waals surface area contributed by atoms with E-state index < -0.39 is 6.04 Å². The average Bonchev–Trinajstić information content (AvgIpc) is 3.53. The summed E-state index contributed by atoms with van der Waals surface area (Å²) in [5.41, 5.74) is 1.80. The van der Waals surface area contributed by atoms with Crippen molar-refractivity contribution in [1.29, 1.82) is 5.26 Å². The van der Waals surface area contributed by atoms with Gasteiger partial charge in [-0.15, -0.1) is 0 Å². The number of nitrogens with one attached hydrogen (secondary N) is 2. The first-order valence-electron chi connectivity index (χ1n) is 8.90. The Morgan fingerprint density at radius 3 is 2.54 bits per heavy atom. The summed E-state index contributed by atoms with van der Waals surface area (Å²) >= 11 is 0. The third-order valence-electron chi connectivity index (χ3n) is 4.32. The molecule has 1 saturated carbocycles. The van der Waals surface area contributed by atoms with Crippen molar-refractivity contribution in [3.05, 3.63) is 30.4 Å². The maximum atomic E-state index is 12.1. The monoisotopic (exact) mass is 379 g/mol. The summed E-state index contributed by atoms with van der Waals surface area (Å²) in [7, 11) is 3.33. The average molecular weight is 379 g/mol. The molecule has 2 N–H and O–H groups in total. The van der Waals surface area contributed by atoms with E-state index in [0.29, 0.717) is 22.8 Å². The molecule has 1 atom stereocenters. The van der Waals surface area contributed by atoms with Gasteiger partial charge in [0, 0.05) is 31.8 Å². The second-order valence-electron chi connectivity index (χ2n) is 6.88. The Balaban J connectivity index is 1.79. The maximum Gasteiger partial charge on any atom is 0.244 e. The van der Waals surface area contributed by atoms with Gasteiger partial charge in [0.1, 0.15) is 12.1 Å². The minimum Gasteiger partial charge on any atom is -0.372 e. The van der Waals surface area contributed by atoms with Crippen LogP contribution in [0.3, 0.4) is 0 Å². The molecular weight excluding hydrogens is 358 g/mol. The molecule has 2 aromatic heterocycles. The Bertz CT molecular complexity index is 930. The van der Waals surface area contributed by atoms with Crippen LogP contribution in [0, 0.1) is 17.2 Å². The van der Waals surface area contributed by atoms with E-state index in [4.69, 9.17) is 0 Å². The molecule has 28 heavy (non-hydrogen) atoms. The normalized spacial score (nSPS) is 13.9. The summed E-state index contributed by atoms with van der Waals surface area (Å²) in [6.45, 7) is 1.72. The van der Waals surface area contributed by atoms with E-state index in [1.165, 1.54) is 23.5 Å². The molecule has 0 bridgehead atoms. The molecule has 9 heteroatoms. The summed E-state index contributed by atoms with van der Waals surface area (Å²) in [5.74, 6) is 0.327. The van der Waals surface area contributed by atoms with Gasteiger partial charge in [0.2, 0.25) is 11.8 Å². The molecule has 0 radical (unpaired) electrons. The van der Waals surface area contributed by atoms with Crippen molar-refractivity contribution >= 4 is 23.3 Å². The summed E-state index contributed by atoms with van der Waals surface area (Å²) in [5, 5.41) is 15.1. The van der Waals surface area contributed by atoms with E-state index in [1.807, 2.05) is 6.07 Å². The Morgan fingerprint density at radius 2 is 1.96 bits per heavy atom. The number of hydrogen-bond donors (Lipinski definition) is 2. The molecule has 2 heterocycles. The summed E-state index contributed by atoms with van der Waals surface area (Å²) in [6.07, 6.45) is 6.37. The highest BCUT2D eigenvalue weighted by Gasteiger charge is 2.29. The smallest absolute Gasteiger partial charge is 0.244 e. The number of likely N-dealkylation sites (N-methyl/N-ethyl adjacent to an activating group) is 1. The first-order chi connectivity index (χ1) is 13.4. The molecule has 0 aromatic carbocycles. The molecule has 0 aliphatic heterocycles. The van der Waals surface area contributed by atoms with Crippen molar-refractivity contribution in [2.75, 3.05) is 24.7 Å².